The second-order valence-electron chi connectivity index (χ2n) is 11.4. The van der Waals surface area contributed by atoms with Crippen LogP contribution in [0.25, 0.3) is 0 Å². The Bertz CT molecular complexity index is 1210. The third kappa shape index (κ3) is 8.09. The SMILES string of the molecule is CC(C)c1cc(F)c(OC(F)(F)F)c([C@H](C(=O)O)N2CC[C@@H](N(C)CCCCCc3ccc4c(n3)NCCC4)C2)c1. The number of hydrogen-bond acceptors (Lipinski definition) is 6. The maximum Gasteiger partial charge on any atom is 0.573 e. The minimum Gasteiger partial charge on any atom is -0.480 e. The lowest BCUT2D eigenvalue weighted by Crippen LogP contribution is -2.38. The van der Waals surface area contributed by atoms with E-state index in [0.717, 1.165) is 69.2 Å². The summed E-state index contributed by atoms with van der Waals surface area (Å²) in [6.07, 6.45) is 1.61. The minimum absolute atomic E-state index is 0.0374. The molecule has 0 saturated carbocycles. The Hall–Kier alpha value is -2.92. The number of carboxylic acid groups (broad SMARTS) is 1. The highest BCUT2D eigenvalue weighted by Crippen LogP contribution is 2.39. The Morgan fingerprint density at radius 3 is 2.73 bits per heavy atom. The number of rotatable bonds is 12. The van der Waals surface area contributed by atoms with Crippen LogP contribution in [0.3, 0.4) is 0 Å². The van der Waals surface area contributed by atoms with Crippen molar-refractivity contribution in [1.29, 1.82) is 0 Å². The summed E-state index contributed by atoms with van der Waals surface area (Å²) in [6, 6.07) is 5.16. The minimum atomic E-state index is -5.15. The number of unbranched alkanes of at least 4 members (excludes halogenated alkanes) is 2. The summed E-state index contributed by atoms with van der Waals surface area (Å²) in [6.45, 7) is 6.02. The second kappa shape index (κ2) is 13.4. The number of nitrogens with one attached hydrogen (secondary N) is 1. The van der Waals surface area contributed by atoms with Crippen molar-refractivity contribution in [3.63, 3.8) is 0 Å². The van der Waals surface area contributed by atoms with E-state index in [4.69, 9.17) is 4.98 Å². The third-order valence-corrected chi connectivity index (χ3v) is 8.09. The topological polar surface area (TPSA) is 77.9 Å². The van der Waals surface area contributed by atoms with E-state index in [-0.39, 0.29) is 17.5 Å². The molecule has 0 amide bonds. The largest absolute Gasteiger partial charge is 0.573 e. The maximum atomic E-state index is 14.9. The van der Waals surface area contributed by atoms with Gasteiger partial charge in [0.25, 0.3) is 0 Å². The molecule has 1 aromatic carbocycles. The normalized spacial score (nSPS) is 18.4. The zero-order valence-corrected chi connectivity index (χ0v) is 23.9. The van der Waals surface area contributed by atoms with Gasteiger partial charge in [0.05, 0.1) is 0 Å². The molecule has 3 heterocycles. The number of benzene rings is 1. The summed E-state index contributed by atoms with van der Waals surface area (Å²) in [4.78, 5) is 20.9. The van der Waals surface area contributed by atoms with Gasteiger partial charge in [0.1, 0.15) is 11.9 Å². The molecule has 0 spiro atoms. The molecular weight excluding hydrogens is 540 g/mol. The number of pyridine rings is 1. The quantitative estimate of drug-likeness (QED) is 0.231. The van der Waals surface area contributed by atoms with Gasteiger partial charge in [0.2, 0.25) is 0 Å². The number of fused-ring (bicyclic) bond motifs is 1. The average molecular weight is 581 g/mol. The van der Waals surface area contributed by atoms with Crippen molar-refractivity contribution in [2.45, 2.75) is 83.2 Å². The first-order chi connectivity index (χ1) is 19.4. The standard InChI is InChI=1S/C30H40F4N4O3/c1-19(2)21-16-24(27(25(31)17-21)41-30(32,33)34)26(29(39)40)38-15-12-23(18-38)37(3)14-6-4-5-9-22-11-10-20-8-7-13-35-28(20)36-22/h10-11,16-17,19,23,26H,4-9,12-15,18H2,1-3H3,(H,35,36)(H,39,40)/t23-,26-/m1/s1. The Balaban J connectivity index is 1.34. The van der Waals surface area contributed by atoms with Crippen LogP contribution in [0.2, 0.25) is 0 Å². The third-order valence-electron chi connectivity index (χ3n) is 8.09. The fourth-order valence-corrected chi connectivity index (χ4v) is 5.78. The van der Waals surface area contributed by atoms with Crippen molar-refractivity contribution in [2.75, 3.05) is 38.5 Å². The van der Waals surface area contributed by atoms with Crippen molar-refractivity contribution >= 4 is 11.8 Å². The van der Waals surface area contributed by atoms with Gasteiger partial charge in [-0.3, -0.25) is 9.69 Å². The van der Waals surface area contributed by atoms with E-state index in [1.807, 2.05) is 7.05 Å². The summed E-state index contributed by atoms with van der Waals surface area (Å²) < 4.78 is 58.3. The fraction of sp³-hybridized carbons (Fsp3) is 0.600. The molecule has 2 aliphatic heterocycles. The van der Waals surface area contributed by atoms with Crippen molar-refractivity contribution in [1.82, 2.24) is 14.8 Å². The van der Waals surface area contributed by atoms with Gasteiger partial charge in [0.15, 0.2) is 11.6 Å². The average Bonchev–Trinajstić information content (AvgIpc) is 3.39. The lowest BCUT2D eigenvalue weighted by molar-refractivity contribution is -0.276. The van der Waals surface area contributed by atoms with Crippen LogP contribution in [0.4, 0.5) is 23.4 Å². The van der Waals surface area contributed by atoms with Gasteiger partial charge in [0, 0.05) is 36.9 Å². The van der Waals surface area contributed by atoms with Crippen LogP contribution in [0.5, 0.6) is 5.75 Å². The van der Waals surface area contributed by atoms with Crippen molar-refractivity contribution in [2.24, 2.45) is 0 Å². The number of ether oxygens (including phenoxy) is 1. The number of aliphatic carboxylic acids is 1. The molecule has 41 heavy (non-hydrogen) atoms. The van der Waals surface area contributed by atoms with E-state index >= 15 is 0 Å². The Kier molecular flexibility index (Phi) is 10.1. The van der Waals surface area contributed by atoms with Crippen molar-refractivity contribution < 1.29 is 32.2 Å². The smallest absolute Gasteiger partial charge is 0.480 e. The number of likely N-dealkylation sites (N-methyl/N-ethyl adjacent to an activating group) is 1. The number of aryl methyl sites for hydroxylation is 2. The summed E-state index contributed by atoms with van der Waals surface area (Å²) in [5.41, 5.74) is 2.46. The summed E-state index contributed by atoms with van der Waals surface area (Å²) >= 11 is 0. The number of carbonyl (C=O) groups is 1. The molecule has 1 saturated heterocycles. The Morgan fingerprint density at radius 2 is 2.02 bits per heavy atom. The highest BCUT2D eigenvalue weighted by Gasteiger charge is 2.40. The van der Waals surface area contributed by atoms with Crippen LogP contribution in [0, 0.1) is 5.82 Å². The molecule has 7 nitrogen and oxygen atoms in total. The summed E-state index contributed by atoms with van der Waals surface area (Å²) in [7, 11) is 1.98. The monoisotopic (exact) mass is 580 g/mol. The first-order valence-electron chi connectivity index (χ1n) is 14.4. The van der Waals surface area contributed by atoms with E-state index in [1.165, 1.54) is 11.6 Å². The van der Waals surface area contributed by atoms with Gasteiger partial charge in [-0.25, -0.2) is 9.37 Å². The van der Waals surface area contributed by atoms with Crippen LogP contribution >= 0.6 is 0 Å². The molecule has 1 fully saturated rings. The molecule has 2 aromatic rings. The Morgan fingerprint density at radius 1 is 1.24 bits per heavy atom. The molecule has 0 unspecified atom stereocenters. The number of hydrogen-bond donors (Lipinski definition) is 2. The highest BCUT2D eigenvalue weighted by molar-refractivity contribution is 5.77. The van der Waals surface area contributed by atoms with E-state index in [9.17, 15) is 27.5 Å². The van der Waals surface area contributed by atoms with Crippen molar-refractivity contribution in [3.05, 3.63) is 52.5 Å². The summed E-state index contributed by atoms with van der Waals surface area (Å²) in [5.74, 6) is -2.84. The fourth-order valence-electron chi connectivity index (χ4n) is 5.78. The van der Waals surface area contributed by atoms with Gasteiger partial charge in [-0.2, -0.15) is 0 Å². The predicted molar refractivity (Wildman–Crippen MR) is 149 cm³/mol. The molecule has 11 heteroatoms. The number of halogens is 4. The lowest BCUT2D eigenvalue weighted by Gasteiger charge is -2.29. The molecule has 2 aliphatic rings. The number of nitrogens with zero attached hydrogens (tertiary/aromatic N) is 3. The molecule has 226 valence electrons. The summed E-state index contributed by atoms with van der Waals surface area (Å²) in [5, 5.41) is 13.5. The molecule has 0 aliphatic carbocycles. The molecule has 2 N–H and O–H groups in total. The van der Waals surface area contributed by atoms with Crippen LogP contribution in [0.15, 0.2) is 24.3 Å². The number of aromatic nitrogens is 1. The molecule has 0 bridgehead atoms. The van der Waals surface area contributed by atoms with Crippen LogP contribution in [0.1, 0.15) is 80.3 Å². The van der Waals surface area contributed by atoms with Gasteiger partial charge in [-0.1, -0.05) is 26.3 Å². The molecule has 1 aromatic heterocycles. The zero-order chi connectivity index (χ0) is 29.7. The van der Waals surface area contributed by atoms with Gasteiger partial charge in [-0.05, 0) is 87.4 Å². The van der Waals surface area contributed by atoms with Gasteiger partial charge >= 0.3 is 12.3 Å². The predicted octanol–water partition coefficient (Wildman–Crippen LogP) is 6.15. The highest BCUT2D eigenvalue weighted by atomic mass is 19.4. The van der Waals surface area contributed by atoms with E-state index in [0.29, 0.717) is 25.1 Å². The maximum absolute atomic E-state index is 14.9. The number of alkyl halides is 3. The van der Waals surface area contributed by atoms with Crippen molar-refractivity contribution in [3.8, 4) is 5.75 Å². The first kappa shape index (κ1) is 31.0. The van der Waals surface area contributed by atoms with Crippen LogP contribution < -0.4 is 10.1 Å². The van der Waals surface area contributed by atoms with E-state index in [2.05, 4.69) is 27.1 Å². The number of carboxylic acids is 1. The molecule has 0 radical (unpaired) electrons. The molecule has 4 rings (SSSR count). The number of anilines is 1. The van der Waals surface area contributed by atoms with Crippen LogP contribution in [-0.2, 0) is 17.6 Å². The molecule has 2 atom stereocenters. The van der Waals surface area contributed by atoms with E-state index in [1.54, 1.807) is 18.7 Å². The lowest BCUT2D eigenvalue weighted by atomic mass is 9.95. The molecular formula is C30H40F4N4O3. The number of likely N-dealkylation sites (tertiary alicyclic amines) is 1. The van der Waals surface area contributed by atoms with Gasteiger partial charge in [-0.15, -0.1) is 13.2 Å². The second-order valence-corrected chi connectivity index (χ2v) is 11.4. The van der Waals surface area contributed by atoms with E-state index < -0.39 is 29.9 Å². The Labute approximate surface area is 238 Å². The zero-order valence-electron chi connectivity index (χ0n) is 23.9. The first-order valence-corrected chi connectivity index (χ1v) is 14.4. The van der Waals surface area contributed by atoms with Crippen LogP contribution in [-0.4, -0.2) is 71.5 Å². The van der Waals surface area contributed by atoms with Gasteiger partial charge < -0.3 is 20.1 Å².